The molecule has 6 heteroatoms. The fourth-order valence-electron chi connectivity index (χ4n) is 2.72. The second-order valence-corrected chi connectivity index (χ2v) is 6.58. The number of carbonyl (C=O) groups is 1. The summed E-state index contributed by atoms with van der Waals surface area (Å²) in [4.78, 5) is 25.6. The molecule has 1 amide bonds. The highest BCUT2D eigenvalue weighted by molar-refractivity contribution is 7.09. The van der Waals surface area contributed by atoms with E-state index in [1.54, 1.807) is 24.3 Å². The zero-order valence-corrected chi connectivity index (χ0v) is 13.4. The highest BCUT2D eigenvalue weighted by Crippen LogP contribution is 2.18. The molecule has 0 aromatic carbocycles. The van der Waals surface area contributed by atoms with Gasteiger partial charge in [-0.05, 0) is 49.6 Å². The van der Waals surface area contributed by atoms with Crippen LogP contribution in [0.2, 0.25) is 0 Å². The topological polar surface area (TPSA) is 64.0 Å². The lowest BCUT2D eigenvalue weighted by atomic mass is 10.2. The van der Waals surface area contributed by atoms with Gasteiger partial charge in [0.15, 0.2) is 0 Å². The molecular weight excluding hydrogens is 298 g/mol. The predicted molar refractivity (Wildman–Crippen MR) is 86.3 cm³/mol. The number of fused-ring (bicyclic) bond motifs is 1. The maximum absolute atomic E-state index is 12.2. The molecular formula is C16H19N3O2S. The summed E-state index contributed by atoms with van der Waals surface area (Å²) < 4.78 is 1.31. The molecule has 2 heterocycles. The summed E-state index contributed by atoms with van der Waals surface area (Å²) in [6, 6.07) is 5.09. The molecule has 1 aliphatic carbocycles. The van der Waals surface area contributed by atoms with Gasteiger partial charge in [-0.1, -0.05) is 6.07 Å². The normalized spacial score (nSPS) is 14.6. The molecule has 116 valence electrons. The first-order valence-corrected chi connectivity index (χ1v) is 8.45. The average Bonchev–Trinajstić information content (AvgIpc) is 3.16. The second kappa shape index (κ2) is 6.44. The van der Waals surface area contributed by atoms with Gasteiger partial charge >= 0.3 is 0 Å². The van der Waals surface area contributed by atoms with Gasteiger partial charge in [0.1, 0.15) is 6.04 Å². The van der Waals surface area contributed by atoms with Crippen molar-refractivity contribution in [2.75, 3.05) is 6.54 Å². The van der Waals surface area contributed by atoms with Crippen molar-refractivity contribution in [1.82, 2.24) is 15.1 Å². The Bertz CT molecular complexity index is 721. The van der Waals surface area contributed by atoms with Crippen LogP contribution in [0.5, 0.6) is 0 Å². The van der Waals surface area contributed by atoms with Gasteiger partial charge < -0.3 is 5.32 Å². The third-order valence-electron chi connectivity index (χ3n) is 3.98. The van der Waals surface area contributed by atoms with Gasteiger partial charge in [-0.15, -0.1) is 11.3 Å². The van der Waals surface area contributed by atoms with Gasteiger partial charge in [0, 0.05) is 17.5 Å². The van der Waals surface area contributed by atoms with E-state index in [0.29, 0.717) is 6.54 Å². The minimum absolute atomic E-state index is 0.163. The number of carbonyl (C=O) groups excluding carboxylic acids is 1. The summed E-state index contributed by atoms with van der Waals surface area (Å²) in [5.41, 5.74) is 1.80. The lowest BCUT2D eigenvalue weighted by Gasteiger charge is -2.15. The Morgan fingerprint density at radius 1 is 1.50 bits per heavy atom. The SMILES string of the molecule is C[C@@H](C(=O)NCCc1cccs1)n1nc2c(cc1=O)CCC2. The first-order chi connectivity index (χ1) is 10.6. The monoisotopic (exact) mass is 317 g/mol. The Labute approximate surface area is 133 Å². The maximum atomic E-state index is 12.2. The van der Waals surface area contributed by atoms with Crippen molar-refractivity contribution < 1.29 is 4.79 Å². The quantitative estimate of drug-likeness (QED) is 0.913. The van der Waals surface area contributed by atoms with Crippen LogP contribution in [0.4, 0.5) is 0 Å². The van der Waals surface area contributed by atoms with Crippen molar-refractivity contribution in [2.45, 2.75) is 38.6 Å². The molecule has 0 unspecified atom stereocenters. The standard InChI is InChI=1S/C16H19N3O2S/c1-11(16(21)17-8-7-13-5-3-9-22-13)19-15(20)10-12-4-2-6-14(12)18-19/h3,5,9-11H,2,4,6-8H2,1H3,(H,17,21)/t11-/m0/s1. The van der Waals surface area contributed by atoms with Crippen LogP contribution in [0.15, 0.2) is 28.4 Å². The fourth-order valence-corrected chi connectivity index (χ4v) is 3.42. The van der Waals surface area contributed by atoms with Crippen LogP contribution in [-0.4, -0.2) is 22.2 Å². The number of rotatable bonds is 5. The van der Waals surface area contributed by atoms with Gasteiger partial charge in [0.05, 0.1) is 5.69 Å². The molecule has 0 spiro atoms. The molecule has 0 radical (unpaired) electrons. The van der Waals surface area contributed by atoms with Gasteiger partial charge in [-0.25, -0.2) is 4.68 Å². The van der Waals surface area contributed by atoms with Crippen LogP contribution in [0.25, 0.3) is 0 Å². The summed E-state index contributed by atoms with van der Waals surface area (Å²) >= 11 is 1.68. The van der Waals surface area contributed by atoms with Crippen molar-refractivity contribution in [2.24, 2.45) is 0 Å². The Balaban J connectivity index is 1.64. The molecule has 0 saturated carbocycles. The number of nitrogens with one attached hydrogen (secondary N) is 1. The number of hydrogen-bond donors (Lipinski definition) is 1. The largest absolute Gasteiger partial charge is 0.354 e. The van der Waals surface area contributed by atoms with Crippen LogP contribution in [0, 0.1) is 0 Å². The number of amides is 1. The Morgan fingerprint density at radius 2 is 2.36 bits per heavy atom. The first kappa shape index (κ1) is 15.0. The smallest absolute Gasteiger partial charge is 0.267 e. The molecule has 0 fully saturated rings. The van der Waals surface area contributed by atoms with Crippen molar-refractivity contribution in [3.8, 4) is 0 Å². The van der Waals surface area contributed by atoms with E-state index >= 15 is 0 Å². The number of hydrogen-bond acceptors (Lipinski definition) is 4. The fraction of sp³-hybridized carbons (Fsp3) is 0.438. The zero-order chi connectivity index (χ0) is 15.5. The molecule has 0 aliphatic heterocycles. The van der Waals surface area contributed by atoms with E-state index in [1.165, 1.54) is 9.56 Å². The van der Waals surface area contributed by atoms with E-state index in [1.807, 2.05) is 17.5 Å². The van der Waals surface area contributed by atoms with Crippen LogP contribution in [-0.2, 0) is 24.1 Å². The van der Waals surface area contributed by atoms with E-state index < -0.39 is 6.04 Å². The van der Waals surface area contributed by atoms with Gasteiger partial charge in [0.25, 0.3) is 5.56 Å². The van der Waals surface area contributed by atoms with E-state index in [0.717, 1.165) is 36.9 Å². The third kappa shape index (κ3) is 3.11. The summed E-state index contributed by atoms with van der Waals surface area (Å²) in [5, 5.41) is 9.28. The molecule has 3 rings (SSSR count). The highest BCUT2D eigenvalue weighted by atomic mass is 32.1. The molecule has 1 atom stereocenters. The summed E-state index contributed by atoms with van der Waals surface area (Å²) in [6.07, 6.45) is 3.65. The summed E-state index contributed by atoms with van der Waals surface area (Å²) in [6.45, 7) is 2.29. The maximum Gasteiger partial charge on any atom is 0.267 e. The van der Waals surface area contributed by atoms with Crippen molar-refractivity contribution in [3.63, 3.8) is 0 Å². The molecule has 22 heavy (non-hydrogen) atoms. The van der Waals surface area contributed by atoms with E-state index in [4.69, 9.17) is 0 Å². The molecule has 0 saturated heterocycles. The third-order valence-corrected chi connectivity index (χ3v) is 4.92. The van der Waals surface area contributed by atoms with Crippen LogP contribution in [0.1, 0.15) is 35.5 Å². The van der Waals surface area contributed by atoms with Gasteiger partial charge in [-0.2, -0.15) is 5.10 Å². The molecule has 1 N–H and O–H groups in total. The second-order valence-electron chi connectivity index (χ2n) is 5.55. The average molecular weight is 317 g/mol. The first-order valence-electron chi connectivity index (χ1n) is 7.57. The lowest BCUT2D eigenvalue weighted by molar-refractivity contribution is -0.124. The lowest BCUT2D eigenvalue weighted by Crippen LogP contribution is -2.38. The number of thiophene rings is 1. The van der Waals surface area contributed by atoms with Crippen molar-refractivity contribution in [1.29, 1.82) is 0 Å². The highest BCUT2D eigenvalue weighted by Gasteiger charge is 2.21. The Morgan fingerprint density at radius 3 is 3.14 bits per heavy atom. The molecule has 2 aromatic rings. The van der Waals surface area contributed by atoms with Crippen molar-refractivity contribution in [3.05, 3.63) is 50.1 Å². The van der Waals surface area contributed by atoms with Gasteiger partial charge in [-0.3, -0.25) is 9.59 Å². The van der Waals surface area contributed by atoms with E-state index in [2.05, 4.69) is 10.4 Å². The Kier molecular flexibility index (Phi) is 4.38. The molecule has 2 aromatic heterocycles. The summed E-state index contributed by atoms with van der Waals surface area (Å²) in [5.74, 6) is -0.163. The minimum Gasteiger partial charge on any atom is -0.354 e. The number of nitrogens with zero attached hydrogens (tertiary/aromatic N) is 2. The van der Waals surface area contributed by atoms with Crippen LogP contribution in [0.3, 0.4) is 0 Å². The van der Waals surface area contributed by atoms with Crippen LogP contribution >= 0.6 is 11.3 Å². The van der Waals surface area contributed by atoms with E-state index in [9.17, 15) is 9.59 Å². The summed E-state index contributed by atoms with van der Waals surface area (Å²) in [7, 11) is 0. The molecule has 0 bridgehead atoms. The minimum atomic E-state index is -0.582. The number of aryl methyl sites for hydroxylation is 2. The Hall–Kier alpha value is -1.95. The predicted octanol–water partition coefficient (Wildman–Crippen LogP) is 1.71. The van der Waals surface area contributed by atoms with Gasteiger partial charge in [0.2, 0.25) is 5.91 Å². The molecule has 1 aliphatic rings. The zero-order valence-electron chi connectivity index (χ0n) is 12.5. The number of aromatic nitrogens is 2. The van der Waals surface area contributed by atoms with Crippen LogP contribution < -0.4 is 10.9 Å². The molecule has 5 nitrogen and oxygen atoms in total. The van der Waals surface area contributed by atoms with E-state index in [-0.39, 0.29) is 11.5 Å². The van der Waals surface area contributed by atoms with Crippen molar-refractivity contribution >= 4 is 17.2 Å².